The molecule has 0 aliphatic rings. The average molecular weight is 449 g/mol. The van der Waals surface area contributed by atoms with E-state index in [9.17, 15) is 9.18 Å². The molecule has 0 saturated heterocycles. The summed E-state index contributed by atoms with van der Waals surface area (Å²) in [6, 6.07) is 19.7. The zero-order valence-corrected chi connectivity index (χ0v) is 18.2. The fourth-order valence-corrected chi connectivity index (χ4v) is 3.51. The van der Waals surface area contributed by atoms with E-state index in [2.05, 4.69) is 26.7 Å². The van der Waals surface area contributed by atoms with Crippen LogP contribution in [0.3, 0.4) is 0 Å². The Bertz CT molecular complexity index is 1280. The number of nitrogens with one attached hydrogen (secondary N) is 3. The van der Waals surface area contributed by atoms with E-state index in [1.165, 1.54) is 18.2 Å². The normalized spacial score (nSPS) is 11.5. The van der Waals surface area contributed by atoms with Crippen molar-refractivity contribution in [2.75, 3.05) is 11.9 Å². The van der Waals surface area contributed by atoms with Gasteiger partial charge in [0.15, 0.2) is 0 Å². The van der Waals surface area contributed by atoms with Gasteiger partial charge in [-0.1, -0.05) is 47.5 Å². The molecule has 32 heavy (non-hydrogen) atoms. The first-order valence-corrected chi connectivity index (χ1v) is 10.6. The second kappa shape index (κ2) is 9.66. The van der Waals surface area contributed by atoms with Crippen LogP contribution in [0.25, 0.3) is 10.9 Å². The molecule has 1 heterocycles. The van der Waals surface area contributed by atoms with Crippen LogP contribution >= 0.6 is 11.6 Å². The first-order valence-electron chi connectivity index (χ1n) is 10.2. The molecule has 162 valence electrons. The number of rotatable bonds is 5. The van der Waals surface area contributed by atoms with Gasteiger partial charge in [0, 0.05) is 34.9 Å². The summed E-state index contributed by atoms with van der Waals surface area (Å²) in [4.78, 5) is 20.6. The molecular weight excluding hydrogens is 427 g/mol. The number of carbonyl (C=O) groups is 1. The van der Waals surface area contributed by atoms with Gasteiger partial charge in [0.1, 0.15) is 5.82 Å². The van der Waals surface area contributed by atoms with Gasteiger partial charge in [0.25, 0.3) is 5.91 Å². The number of guanidine groups is 1. The standard InChI is InChI=1S/C25H22ClFN4O/c1-16-6-9-19(10-7-16)30-25(31-24(32)17-8-11-22(27)21(26)14-17)28-13-12-18-15-29-23-5-3-2-4-20(18)23/h2-11,14-15,29H,12-13H2,1H3,(H2,28,30,31,32). The Labute approximate surface area is 190 Å². The highest BCUT2D eigenvalue weighted by molar-refractivity contribution is 6.31. The number of halogens is 2. The second-order valence-corrected chi connectivity index (χ2v) is 7.82. The van der Waals surface area contributed by atoms with Crippen molar-refractivity contribution in [3.63, 3.8) is 0 Å². The predicted octanol–water partition coefficient (Wildman–Crippen LogP) is 5.71. The summed E-state index contributed by atoms with van der Waals surface area (Å²) in [6.45, 7) is 2.46. The summed E-state index contributed by atoms with van der Waals surface area (Å²) in [7, 11) is 0. The monoisotopic (exact) mass is 448 g/mol. The maximum Gasteiger partial charge on any atom is 0.258 e. The highest BCUT2D eigenvalue weighted by atomic mass is 35.5. The quantitative estimate of drug-likeness (QED) is 0.270. The molecule has 5 nitrogen and oxygen atoms in total. The van der Waals surface area contributed by atoms with Crippen LogP contribution in [-0.4, -0.2) is 23.4 Å². The van der Waals surface area contributed by atoms with Crippen molar-refractivity contribution in [2.24, 2.45) is 4.99 Å². The Hall–Kier alpha value is -3.64. The molecule has 0 radical (unpaired) electrons. The van der Waals surface area contributed by atoms with E-state index in [0.29, 0.717) is 18.9 Å². The van der Waals surface area contributed by atoms with Crippen molar-refractivity contribution < 1.29 is 9.18 Å². The number of nitrogens with zero attached hydrogens (tertiary/aromatic N) is 1. The third-order valence-electron chi connectivity index (χ3n) is 5.05. The Balaban J connectivity index is 1.52. The van der Waals surface area contributed by atoms with E-state index < -0.39 is 11.7 Å². The van der Waals surface area contributed by atoms with E-state index >= 15 is 0 Å². The Morgan fingerprint density at radius 2 is 1.88 bits per heavy atom. The van der Waals surface area contributed by atoms with E-state index in [1.54, 1.807) is 0 Å². The Morgan fingerprint density at radius 3 is 2.66 bits per heavy atom. The highest BCUT2D eigenvalue weighted by Crippen LogP contribution is 2.18. The number of carbonyl (C=O) groups excluding carboxylic acids is 1. The van der Waals surface area contributed by atoms with Gasteiger partial charge in [-0.25, -0.2) is 4.39 Å². The minimum absolute atomic E-state index is 0.109. The van der Waals surface area contributed by atoms with E-state index in [1.807, 2.05) is 55.6 Å². The topological polar surface area (TPSA) is 69.3 Å². The van der Waals surface area contributed by atoms with Crippen LogP contribution in [0, 0.1) is 12.7 Å². The van der Waals surface area contributed by atoms with Gasteiger partial charge in [0.05, 0.1) is 5.02 Å². The van der Waals surface area contributed by atoms with Crippen molar-refractivity contribution in [1.29, 1.82) is 0 Å². The molecule has 0 spiro atoms. The lowest BCUT2D eigenvalue weighted by Gasteiger charge is -2.12. The van der Waals surface area contributed by atoms with Gasteiger partial charge >= 0.3 is 0 Å². The van der Waals surface area contributed by atoms with E-state index in [4.69, 9.17) is 11.6 Å². The summed E-state index contributed by atoms with van der Waals surface area (Å²) in [5, 5.41) is 6.97. The van der Waals surface area contributed by atoms with Crippen molar-refractivity contribution in [2.45, 2.75) is 13.3 Å². The lowest BCUT2D eigenvalue weighted by Crippen LogP contribution is -2.36. The fraction of sp³-hybridized carbons (Fsp3) is 0.120. The summed E-state index contributed by atoms with van der Waals surface area (Å²) < 4.78 is 13.5. The predicted molar refractivity (Wildman–Crippen MR) is 128 cm³/mol. The Morgan fingerprint density at radius 1 is 1.09 bits per heavy atom. The van der Waals surface area contributed by atoms with Crippen LogP contribution in [-0.2, 0) is 6.42 Å². The first-order chi connectivity index (χ1) is 15.5. The molecule has 0 bridgehead atoms. The van der Waals surface area contributed by atoms with Crippen molar-refractivity contribution in [1.82, 2.24) is 10.3 Å². The van der Waals surface area contributed by atoms with Gasteiger partial charge in [0.2, 0.25) is 5.96 Å². The second-order valence-electron chi connectivity index (χ2n) is 7.41. The molecule has 4 rings (SSSR count). The van der Waals surface area contributed by atoms with Crippen LogP contribution in [0.4, 0.5) is 10.1 Å². The summed E-state index contributed by atoms with van der Waals surface area (Å²) in [5.74, 6) is -0.704. The molecule has 1 amide bonds. The number of anilines is 1. The summed E-state index contributed by atoms with van der Waals surface area (Å²) >= 11 is 5.82. The largest absolute Gasteiger partial charge is 0.361 e. The Kier molecular flexibility index (Phi) is 6.52. The maximum absolute atomic E-state index is 13.5. The first kappa shape index (κ1) is 21.6. The van der Waals surface area contributed by atoms with Gasteiger partial charge in [-0.2, -0.15) is 0 Å². The van der Waals surface area contributed by atoms with Crippen LogP contribution in [0.2, 0.25) is 5.02 Å². The van der Waals surface area contributed by atoms with Crippen LogP contribution in [0.15, 0.2) is 77.9 Å². The molecule has 0 aliphatic heterocycles. The minimum Gasteiger partial charge on any atom is -0.361 e. The van der Waals surface area contributed by atoms with Crippen molar-refractivity contribution in [3.05, 3.63) is 100 Å². The smallest absolute Gasteiger partial charge is 0.258 e. The number of fused-ring (bicyclic) bond motifs is 1. The number of aryl methyl sites for hydroxylation is 1. The summed E-state index contributed by atoms with van der Waals surface area (Å²) in [6.07, 6.45) is 2.67. The molecular formula is C25H22ClFN4O. The molecule has 0 aliphatic carbocycles. The number of hydrogen-bond acceptors (Lipinski definition) is 2. The van der Waals surface area contributed by atoms with Crippen molar-refractivity contribution >= 4 is 40.1 Å². The van der Waals surface area contributed by atoms with E-state index in [-0.39, 0.29) is 10.6 Å². The third-order valence-corrected chi connectivity index (χ3v) is 5.34. The van der Waals surface area contributed by atoms with Crippen LogP contribution in [0.5, 0.6) is 0 Å². The molecule has 0 unspecified atom stereocenters. The molecule has 0 fully saturated rings. The number of aliphatic imine (C=N–C) groups is 1. The number of H-pyrrole nitrogens is 1. The summed E-state index contributed by atoms with van der Waals surface area (Å²) in [5.41, 5.74) is 4.38. The molecule has 0 atom stereocenters. The van der Waals surface area contributed by atoms with Crippen LogP contribution in [0.1, 0.15) is 21.5 Å². The van der Waals surface area contributed by atoms with Crippen LogP contribution < -0.4 is 10.6 Å². The molecule has 0 saturated carbocycles. The lowest BCUT2D eigenvalue weighted by atomic mass is 10.1. The number of benzene rings is 3. The van der Waals surface area contributed by atoms with Crippen molar-refractivity contribution in [3.8, 4) is 0 Å². The number of aromatic amines is 1. The maximum atomic E-state index is 13.5. The number of amides is 1. The number of aromatic nitrogens is 1. The van der Waals surface area contributed by atoms with Gasteiger partial charge in [-0.05, 0) is 55.3 Å². The SMILES string of the molecule is Cc1ccc(NC(=NCCc2c[nH]c3ccccc23)NC(=O)c2ccc(F)c(Cl)c2)cc1. The number of para-hydroxylation sites is 1. The molecule has 3 N–H and O–H groups in total. The third kappa shape index (κ3) is 5.15. The average Bonchev–Trinajstić information content (AvgIpc) is 3.20. The lowest BCUT2D eigenvalue weighted by molar-refractivity contribution is 0.0977. The molecule has 7 heteroatoms. The molecule has 4 aromatic rings. The minimum atomic E-state index is -0.575. The zero-order valence-electron chi connectivity index (χ0n) is 17.5. The molecule has 3 aromatic carbocycles. The molecule has 1 aromatic heterocycles. The van der Waals surface area contributed by atoms with Gasteiger partial charge in [-0.15, -0.1) is 0 Å². The highest BCUT2D eigenvalue weighted by Gasteiger charge is 2.12. The zero-order chi connectivity index (χ0) is 22.5. The van der Waals surface area contributed by atoms with E-state index in [0.717, 1.165) is 27.7 Å². The van der Waals surface area contributed by atoms with Gasteiger partial charge in [-0.3, -0.25) is 15.1 Å². The van der Waals surface area contributed by atoms with Gasteiger partial charge < -0.3 is 10.3 Å². The fourth-order valence-electron chi connectivity index (χ4n) is 3.33. The number of hydrogen-bond donors (Lipinski definition) is 3.